The van der Waals surface area contributed by atoms with Gasteiger partial charge in [-0.3, -0.25) is 0 Å². The molecule has 0 radical (unpaired) electrons. The highest BCUT2D eigenvalue weighted by Crippen LogP contribution is 2.18. The third-order valence-corrected chi connectivity index (χ3v) is 1.80. The molecular weight excluding hydrogens is 185 g/mol. The molecule has 0 atom stereocenters. The summed E-state index contributed by atoms with van der Waals surface area (Å²) in [6.07, 6.45) is 1.02. The molecule has 0 heterocycles. The van der Waals surface area contributed by atoms with Gasteiger partial charge in [-0.05, 0) is 30.2 Å². The third-order valence-electron chi connectivity index (χ3n) is 1.80. The number of nitrogens with two attached hydrogens (primary N) is 1. The van der Waals surface area contributed by atoms with E-state index in [4.69, 9.17) is 10.8 Å². The number of hydrogen-bond acceptors (Lipinski definition) is 2. The second kappa shape index (κ2) is 3.91. The highest BCUT2D eigenvalue weighted by atomic mass is 19.1. The van der Waals surface area contributed by atoms with Gasteiger partial charge < -0.3 is 10.8 Å². The van der Waals surface area contributed by atoms with E-state index in [1.54, 1.807) is 13.0 Å². The summed E-state index contributed by atoms with van der Waals surface area (Å²) in [7, 11) is 0. The van der Waals surface area contributed by atoms with Crippen LogP contribution < -0.4 is 5.73 Å². The number of carboxylic acids is 1. The van der Waals surface area contributed by atoms with Gasteiger partial charge in [0.05, 0.1) is 5.69 Å². The van der Waals surface area contributed by atoms with E-state index in [2.05, 4.69) is 0 Å². The van der Waals surface area contributed by atoms with Gasteiger partial charge in [-0.2, -0.15) is 0 Å². The number of anilines is 1. The molecule has 0 amide bonds. The first-order chi connectivity index (χ1) is 6.50. The van der Waals surface area contributed by atoms with Crippen LogP contribution in [0.5, 0.6) is 0 Å². The number of rotatable bonds is 2. The van der Waals surface area contributed by atoms with Gasteiger partial charge in [0.15, 0.2) is 0 Å². The van der Waals surface area contributed by atoms with E-state index in [9.17, 15) is 9.18 Å². The molecule has 1 aromatic carbocycles. The highest BCUT2D eigenvalue weighted by Gasteiger charge is 2.02. The summed E-state index contributed by atoms with van der Waals surface area (Å²) in [6, 6.07) is 4.20. The molecule has 0 fully saturated rings. The standard InChI is InChI=1S/C10H10FNO2/c1-6(4-10(13)14)7-2-3-9(12)8(11)5-7/h2-5H,12H2,1H3,(H,13,14). The van der Waals surface area contributed by atoms with Crippen molar-refractivity contribution >= 4 is 17.2 Å². The summed E-state index contributed by atoms with van der Waals surface area (Å²) in [5.41, 5.74) is 6.33. The Morgan fingerprint density at radius 3 is 2.71 bits per heavy atom. The summed E-state index contributed by atoms with van der Waals surface area (Å²) >= 11 is 0. The smallest absolute Gasteiger partial charge is 0.328 e. The first-order valence-electron chi connectivity index (χ1n) is 3.97. The molecule has 4 heteroatoms. The molecular formula is C10H10FNO2. The summed E-state index contributed by atoms with van der Waals surface area (Å²) < 4.78 is 13.0. The summed E-state index contributed by atoms with van der Waals surface area (Å²) in [4.78, 5) is 10.3. The number of aliphatic carboxylic acids is 1. The maximum atomic E-state index is 13.0. The maximum absolute atomic E-state index is 13.0. The fourth-order valence-electron chi connectivity index (χ4n) is 1.04. The van der Waals surface area contributed by atoms with Gasteiger partial charge >= 0.3 is 5.97 Å². The average molecular weight is 195 g/mol. The number of carbonyl (C=O) groups is 1. The van der Waals surface area contributed by atoms with Crippen LogP contribution in [0.1, 0.15) is 12.5 Å². The van der Waals surface area contributed by atoms with Crippen molar-refractivity contribution in [3.05, 3.63) is 35.7 Å². The van der Waals surface area contributed by atoms with Crippen molar-refractivity contribution in [3.63, 3.8) is 0 Å². The number of hydrogen-bond donors (Lipinski definition) is 2. The summed E-state index contributed by atoms with van der Waals surface area (Å²) in [5, 5.41) is 8.47. The average Bonchev–Trinajstić information content (AvgIpc) is 2.08. The molecule has 0 bridgehead atoms. The zero-order chi connectivity index (χ0) is 10.7. The highest BCUT2D eigenvalue weighted by molar-refractivity contribution is 5.89. The second-order valence-corrected chi connectivity index (χ2v) is 2.90. The van der Waals surface area contributed by atoms with Crippen molar-refractivity contribution in [1.82, 2.24) is 0 Å². The van der Waals surface area contributed by atoms with Crippen LogP contribution in [0, 0.1) is 5.82 Å². The predicted molar refractivity (Wildman–Crippen MR) is 52.1 cm³/mol. The van der Waals surface area contributed by atoms with E-state index in [0.29, 0.717) is 11.1 Å². The molecule has 0 saturated heterocycles. The monoisotopic (exact) mass is 195 g/mol. The molecule has 3 N–H and O–H groups in total. The molecule has 0 spiro atoms. The largest absolute Gasteiger partial charge is 0.478 e. The lowest BCUT2D eigenvalue weighted by atomic mass is 10.1. The predicted octanol–water partition coefficient (Wildman–Crippen LogP) is 1.90. The normalized spacial score (nSPS) is 11.4. The summed E-state index contributed by atoms with van der Waals surface area (Å²) in [5.74, 6) is -1.60. The minimum absolute atomic E-state index is 0.0527. The van der Waals surface area contributed by atoms with Crippen LogP contribution in [-0.4, -0.2) is 11.1 Å². The Morgan fingerprint density at radius 1 is 1.57 bits per heavy atom. The van der Waals surface area contributed by atoms with Gasteiger partial charge in [0.2, 0.25) is 0 Å². The van der Waals surface area contributed by atoms with E-state index in [1.807, 2.05) is 0 Å². The first-order valence-corrected chi connectivity index (χ1v) is 3.97. The molecule has 14 heavy (non-hydrogen) atoms. The number of nitrogen functional groups attached to an aromatic ring is 1. The minimum atomic E-state index is -1.06. The van der Waals surface area contributed by atoms with E-state index < -0.39 is 11.8 Å². The molecule has 74 valence electrons. The Hall–Kier alpha value is -1.84. The molecule has 3 nitrogen and oxygen atoms in total. The van der Waals surface area contributed by atoms with Crippen molar-refractivity contribution in [2.75, 3.05) is 5.73 Å². The third kappa shape index (κ3) is 2.32. The van der Waals surface area contributed by atoms with E-state index >= 15 is 0 Å². The quantitative estimate of drug-likeness (QED) is 0.559. The Bertz CT molecular complexity index is 399. The number of benzene rings is 1. The van der Waals surface area contributed by atoms with Crippen LogP contribution >= 0.6 is 0 Å². The number of halogens is 1. The molecule has 1 aromatic rings. The Labute approximate surface area is 80.7 Å². The molecule has 0 saturated carbocycles. The molecule has 0 aliphatic carbocycles. The maximum Gasteiger partial charge on any atom is 0.328 e. The van der Waals surface area contributed by atoms with Crippen molar-refractivity contribution in [2.45, 2.75) is 6.92 Å². The van der Waals surface area contributed by atoms with Gasteiger partial charge in [0, 0.05) is 6.08 Å². The van der Waals surface area contributed by atoms with E-state index in [0.717, 1.165) is 6.08 Å². The van der Waals surface area contributed by atoms with Crippen LogP contribution in [0.2, 0.25) is 0 Å². The zero-order valence-corrected chi connectivity index (χ0v) is 7.62. The van der Waals surface area contributed by atoms with Gasteiger partial charge in [0.1, 0.15) is 5.82 Å². The fourth-order valence-corrected chi connectivity index (χ4v) is 1.04. The SMILES string of the molecule is CC(=CC(=O)O)c1ccc(N)c(F)c1. The van der Waals surface area contributed by atoms with Crippen LogP contribution in [0.25, 0.3) is 5.57 Å². The van der Waals surface area contributed by atoms with Crippen molar-refractivity contribution < 1.29 is 14.3 Å². The topological polar surface area (TPSA) is 63.3 Å². The molecule has 1 rings (SSSR count). The van der Waals surface area contributed by atoms with Crippen molar-refractivity contribution in [1.29, 1.82) is 0 Å². The fraction of sp³-hybridized carbons (Fsp3) is 0.100. The molecule has 0 aromatic heterocycles. The van der Waals surface area contributed by atoms with E-state index in [1.165, 1.54) is 12.1 Å². The first kappa shape index (κ1) is 10.2. The van der Waals surface area contributed by atoms with Gasteiger partial charge in [-0.1, -0.05) is 6.07 Å². The van der Waals surface area contributed by atoms with Crippen LogP contribution in [0.3, 0.4) is 0 Å². The molecule has 0 aliphatic heterocycles. The van der Waals surface area contributed by atoms with Crippen molar-refractivity contribution in [3.8, 4) is 0 Å². The lowest BCUT2D eigenvalue weighted by Gasteiger charge is -2.02. The molecule has 0 aliphatic rings. The van der Waals surface area contributed by atoms with Gasteiger partial charge in [-0.25, -0.2) is 9.18 Å². The molecule has 0 unspecified atom stereocenters. The van der Waals surface area contributed by atoms with Gasteiger partial charge in [-0.15, -0.1) is 0 Å². The van der Waals surface area contributed by atoms with Crippen LogP contribution in [0.4, 0.5) is 10.1 Å². The van der Waals surface area contributed by atoms with Crippen LogP contribution in [-0.2, 0) is 4.79 Å². The Kier molecular flexibility index (Phi) is 2.86. The van der Waals surface area contributed by atoms with Crippen LogP contribution in [0.15, 0.2) is 24.3 Å². The van der Waals surface area contributed by atoms with E-state index in [-0.39, 0.29) is 5.69 Å². The lowest BCUT2D eigenvalue weighted by Crippen LogP contribution is -1.93. The zero-order valence-electron chi connectivity index (χ0n) is 7.62. The van der Waals surface area contributed by atoms with Crippen molar-refractivity contribution in [2.24, 2.45) is 0 Å². The number of carboxylic acid groups (broad SMARTS) is 1. The Morgan fingerprint density at radius 2 is 2.21 bits per heavy atom. The van der Waals surface area contributed by atoms with Gasteiger partial charge in [0.25, 0.3) is 0 Å². The Balaban J connectivity index is 3.09. The second-order valence-electron chi connectivity index (χ2n) is 2.90. The number of allylic oxidation sites excluding steroid dienone is 1. The lowest BCUT2D eigenvalue weighted by molar-refractivity contribution is -0.131. The summed E-state index contributed by atoms with van der Waals surface area (Å²) in [6.45, 7) is 1.60. The minimum Gasteiger partial charge on any atom is -0.478 e.